The normalized spacial score (nSPS) is 8.67. The Morgan fingerprint density at radius 2 is 2.22 bits per heavy atom. The second-order valence-electron chi connectivity index (χ2n) is 1.40. The van der Waals surface area contributed by atoms with Gasteiger partial charge in [-0.2, -0.15) is 0 Å². The Morgan fingerprint density at radius 1 is 1.56 bits per heavy atom. The first-order valence-corrected chi connectivity index (χ1v) is 2.88. The zero-order valence-electron chi connectivity index (χ0n) is 5.72. The van der Waals surface area contributed by atoms with Crippen molar-refractivity contribution < 1.29 is 14.3 Å². The lowest BCUT2D eigenvalue weighted by Crippen LogP contribution is -2.07. The molecule has 0 heterocycles. The van der Waals surface area contributed by atoms with Crippen molar-refractivity contribution in [2.45, 2.75) is 13.8 Å². The van der Waals surface area contributed by atoms with Gasteiger partial charge in [-0.05, 0) is 13.3 Å². The van der Waals surface area contributed by atoms with Crippen LogP contribution in [0.3, 0.4) is 0 Å². The van der Waals surface area contributed by atoms with Gasteiger partial charge in [-0.1, -0.05) is 6.92 Å². The lowest BCUT2D eigenvalue weighted by atomic mass is 10.5. The molecule has 9 heavy (non-hydrogen) atoms. The van der Waals surface area contributed by atoms with Gasteiger partial charge in [0.15, 0.2) is 0 Å². The van der Waals surface area contributed by atoms with Crippen molar-refractivity contribution in [2.24, 2.45) is 0 Å². The second kappa shape index (κ2) is 5.41. The van der Waals surface area contributed by atoms with Crippen LogP contribution < -0.4 is 0 Å². The maximum Gasteiger partial charge on any atom is 0.508 e. The average molecular weight is 131 g/mol. The molecule has 0 saturated heterocycles. The molecule has 0 rings (SSSR count). The topological polar surface area (TPSA) is 35.5 Å². The van der Waals surface area contributed by atoms with E-state index in [0.717, 1.165) is 0 Å². The van der Waals surface area contributed by atoms with E-state index >= 15 is 0 Å². The van der Waals surface area contributed by atoms with Crippen LogP contribution in [0, 0.1) is 6.42 Å². The summed E-state index contributed by atoms with van der Waals surface area (Å²) in [5, 5.41) is 0. The Balaban J connectivity index is 3.06. The van der Waals surface area contributed by atoms with E-state index in [4.69, 9.17) is 0 Å². The highest BCUT2D eigenvalue weighted by molar-refractivity contribution is 5.59. The number of hydrogen-bond acceptors (Lipinski definition) is 3. The van der Waals surface area contributed by atoms with Crippen LogP contribution in [-0.4, -0.2) is 19.4 Å². The van der Waals surface area contributed by atoms with Crippen LogP contribution in [0.4, 0.5) is 4.79 Å². The van der Waals surface area contributed by atoms with Crippen molar-refractivity contribution in [3.63, 3.8) is 0 Å². The third kappa shape index (κ3) is 5.14. The average Bonchev–Trinajstić information content (AvgIpc) is 1.85. The fraction of sp³-hybridized carbons (Fsp3) is 0.667. The fourth-order valence-corrected chi connectivity index (χ4v) is 0.311. The maximum atomic E-state index is 10.3. The highest BCUT2D eigenvalue weighted by atomic mass is 16.7. The zero-order chi connectivity index (χ0) is 7.11. The summed E-state index contributed by atoms with van der Waals surface area (Å²) in [7, 11) is 0. The predicted molar refractivity (Wildman–Crippen MR) is 32.9 cm³/mol. The molecule has 1 radical (unpaired) electrons. The van der Waals surface area contributed by atoms with E-state index in [1.54, 1.807) is 20.3 Å². The maximum absolute atomic E-state index is 10.3. The fourth-order valence-electron chi connectivity index (χ4n) is 0.311. The summed E-state index contributed by atoms with van der Waals surface area (Å²) in [6, 6.07) is 0. The van der Waals surface area contributed by atoms with Gasteiger partial charge >= 0.3 is 6.16 Å². The van der Waals surface area contributed by atoms with Crippen LogP contribution in [0.1, 0.15) is 13.8 Å². The van der Waals surface area contributed by atoms with E-state index in [9.17, 15) is 4.79 Å². The van der Waals surface area contributed by atoms with Crippen LogP contribution in [-0.2, 0) is 9.47 Å². The lowest BCUT2D eigenvalue weighted by Gasteiger charge is -2.00. The molecule has 0 aliphatic rings. The van der Waals surface area contributed by atoms with Gasteiger partial charge in [0.05, 0.1) is 13.2 Å². The van der Waals surface area contributed by atoms with Gasteiger partial charge in [0, 0.05) is 0 Å². The SMILES string of the molecule is C[CH]COC(=O)OCC. The van der Waals surface area contributed by atoms with E-state index < -0.39 is 6.16 Å². The summed E-state index contributed by atoms with van der Waals surface area (Å²) in [4.78, 5) is 10.3. The van der Waals surface area contributed by atoms with Gasteiger partial charge in [0.25, 0.3) is 0 Å². The molecule has 0 fully saturated rings. The van der Waals surface area contributed by atoms with Crippen molar-refractivity contribution >= 4 is 6.16 Å². The minimum atomic E-state index is -0.601. The standard InChI is InChI=1S/C6H11O3/c1-3-5-9-6(7)8-4-2/h3H,4-5H2,1-2H3. The van der Waals surface area contributed by atoms with Gasteiger partial charge in [0.2, 0.25) is 0 Å². The van der Waals surface area contributed by atoms with E-state index in [1.807, 2.05) is 0 Å². The number of carbonyl (C=O) groups is 1. The van der Waals surface area contributed by atoms with E-state index in [0.29, 0.717) is 13.2 Å². The number of rotatable bonds is 3. The summed E-state index contributed by atoms with van der Waals surface area (Å²) in [5.41, 5.74) is 0. The van der Waals surface area contributed by atoms with Gasteiger partial charge in [-0.3, -0.25) is 0 Å². The summed E-state index contributed by atoms with van der Waals surface area (Å²) in [6.45, 7) is 4.22. The van der Waals surface area contributed by atoms with Crippen LogP contribution in [0.25, 0.3) is 0 Å². The first-order chi connectivity index (χ1) is 4.31. The molecule has 0 bridgehead atoms. The smallest absolute Gasteiger partial charge is 0.435 e. The molecule has 0 spiro atoms. The van der Waals surface area contributed by atoms with Gasteiger partial charge < -0.3 is 9.47 Å². The van der Waals surface area contributed by atoms with Crippen molar-refractivity contribution in [3.05, 3.63) is 6.42 Å². The van der Waals surface area contributed by atoms with E-state index in [2.05, 4.69) is 9.47 Å². The second-order valence-corrected chi connectivity index (χ2v) is 1.40. The monoisotopic (exact) mass is 131 g/mol. The number of carbonyl (C=O) groups excluding carboxylic acids is 1. The molecule has 0 aliphatic carbocycles. The van der Waals surface area contributed by atoms with Crippen molar-refractivity contribution in [1.29, 1.82) is 0 Å². The number of ether oxygens (including phenoxy) is 2. The quantitative estimate of drug-likeness (QED) is 0.543. The molecular weight excluding hydrogens is 120 g/mol. The van der Waals surface area contributed by atoms with Crippen LogP contribution >= 0.6 is 0 Å². The molecule has 0 aliphatic heterocycles. The van der Waals surface area contributed by atoms with E-state index in [1.165, 1.54) is 0 Å². The van der Waals surface area contributed by atoms with Crippen molar-refractivity contribution in [2.75, 3.05) is 13.2 Å². The highest BCUT2D eigenvalue weighted by Gasteiger charge is 1.97. The molecule has 0 amide bonds. The lowest BCUT2D eigenvalue weighted by molar-refractivity contribution is 0.0650. The molecule has 0 saturated carbocycles. The Kier molecular flexibility index (Phi) is 4.97. The zero-order valence-corrected chi connectivity index (χ0v) is 5.72. The molecule has 0 aromatic rings. The Bertz CT molecular complexity index is 80.4. The largest absolute Gasteiger partial charge is 0.508 e. The van der Waals surface area contributed by atoms with Crippen LogP contribution in [0.15, 0.2) is 0 Å². The third-order valence-electron chi connectivity index (χ3n) is 0.630. The molecule has 0 aromatic carbocycles. The molecule has 3 heteroatoms. The first kappa shape index (κ1) is 8.27. The van der Waals surface area contributed by atoms with Gasteiger partial charge in [-0.15, -0.1) is 0 Å². The Hall–Kier alpha value is -0.730. The van der Waals surface area contributed by atoms with Crippen molar-refractivity contribution in [3.8, 4) is 0 Å². The van der Waals surface area contributed by atoms with Gasteiger partial charge in [0.1, 0.15) is 0 Å². The summed E-state index contributed by atoms with van der Waals surface area (Å²) in [6.07, 6.45) is 1.13. The molecule has 0 atom stereocenters. The summed E-state index contributed by atoms with van der Waals surface area (Å²) in [5.74, 6) is 0. The Labute approximate surface area is 55.0 Å². The van der Waals surface area contributed by atoms with Crippen LogP contribution in [0.5, 0.6) is 0 Å². The Morgan fingerprint density at radius 3 is 2.67 bits per heavy atom. The molecule has 53 valence electrons. The van der Waals surface area contributed by atoms with Crippen LogP contribution in [0.2, 0.25) is 0 Å². The summed E-state index contributed by atoms with van der Waals surface area (Å²) >= 11 is 0. The molecule has 3 nitrogen and oxygen atoms in total. The third-order valence-corrected chi connectivity index (χ3v) is 0.630. The number of hydrogen-bond donors (Lipinski definition) is 0. The molecule has 0 N–H and O–H groups in total. The summed E-state index contributed by atoms with van der Waals surface area (Å²) < 4.78 is 8.98. The van der Waals surface area contributed by atoms with Crippen molar-refractivity contribution in [1.82, 2.24) is 0 Å². The minimum Gasteiger partial charge on any atom is -0.435 e. The first-order valence-electron chi connectivity index (χ1n) is 2.88. The van der Waals surface area contributed by atoms with Gasteiger partial charge in [-0.25, -0.2) is 4.79 Å². The predicted octanol–water partition coefficient (Wildman–Crippen LogP) is 1.38. The highest BCUT2D eigenvalue weighted by Crippen LogP contribution is 1.85. The molecular formula is C6H11O3. The molecule has 0 unspecified atom stereocenters. The minimum absolute atomic E-state index is 0.318. The molecule has 0 aromatic heterocycles. The van der Waals surface area contributed by atoms with E-state index in [-0.39, 0.29) is 0 Å².